The second-order valence-electron chi connectivity index (χ2n) is 16.8. The van der Waals surface area contributed by atoms with Gasteiger partial charge in [-0.3, -0.25) is 0 Å². The fourth-order valence-corrected chi connectivity index (χ4v) is 9.73. The summed E-state index contributed by atoms with van der Waals surface area (Å²) < 4.78 is 13.9. The van der Waals surface area contributed by atoms with Gasteiger partial charge >= 0.3 is 0 Å². The summed E-state index contributed by atoms with van der Waals surface area (Å²) in [4.78, 5) is 0. The Morgan fingerprint density at radius 3 is 1.95 bits per heavy atom. The molecule has 3 aliphatic rings. The van der Waals surface area contributed by atoms with Crippen molar-refractivity contribution in [2.75, 3.05) is 13.2 Å². The van der Waals surface area contributed by atoms with Gasteiger partial charge in [0.25, 0.3) is 0 Å². The number of rotatable bonds is 7. The van der Waals surface area contributed by atoms with Gasteiger partial charge in [0.1, 0.15) is 0 Å². The maximum Gasteiger partial charge on any atom is 0.191 e. The van der Waals surface area contributed by atoms with Crippen LogP contribution in [0.4, 0.5) is 0 Å². The Morgan fingerprint density at radius 2 is 1.42 bits per heavy atom. The van der Waals surface area contributed by atoms with E-state index in [0.29, 0.717) is 23.7 Å². The second-order valence-corrected chi connectivity index (χ2v) is 26.4. The Labute approximate surface area is 238 Å². The van der Waals surface area contributed by atoms with E-state index in [-0.39, 0.29) is 27.0 Å². The van der Waals surface area contributed by atoms with Gasteiger partial charge in [-0.25, -0.2) is 0 Å². The van der Waals surface area contributed by atoms with Crippen molar-refractivity contribution in [2.45, 2.75) is 143 Å². The summed E-state index contributed by atoms with van der Waals surface area (Å²) in [5, 5.41) is 11.2. The van der Waals surface area contributed by atoms with Crippen LogP contribution >= 0.6 is 0 Å². The van der Waals surface area contributed by atoms with Gasteiger partial charge in [0, 0.05) is 13.2 Å². The van der Waals surface area contributed by atoms with Crippen LogP contribution in [0.25, 0.3) is 0 Å². The van der Waals surface area contributed by atoms with Crippen LogP contribution in [0.1, 0.15) is 100 Å². The van der Waals surface area contributed by atoms with E-state index in [4.69, 9.17) is 8.85 Å². The van der Waals surface area contributed by atoms with E-state index in [1.807, 2.05) is 0 Å². The lowest BCUT2D eigenvalue weighted by atomic mass is 9.49. The topological polar surface area (TPSA) is 38.7 Å². The average Bonchev–Trinajstić information content (AvgIpc) is 3.13. The number of hydrogen-bond donors (Lipinski definition) is 1. The van der Waals surface area contributed by atoms with Crippen LogP contribution in [0.2, 0.25) is 36.3 Å². The van der Waals surface area contributed by atoms with Gasteiger partial charge in [-0.15, -0.1) is 5.73 Å². The molecule has 0 amide bonds. The van der Waals surface area contributed by atoms with Crippen LogP contribution < -0.4 is 0 Å². The molecule has 3 rings (SSSR count). The zero-order valence-electron chi connectivity index (χ0n) is 27.2. The van der Waals surface area contributed by atoms with E-state index in [2.05, 4.69) is 93.9 Å². The monoisotopic (exact) mass is 562 g/mol. The summed E-state index contributed by atoms with van der Waals surface area (Å²) in [5.74, 6) is 2.14. The molecule has 3 saturated carbocycles. The summed E-state index contributed by atoms with van der Waals surface area (Å²) in [6.45, 7) is 34.4. The summed E-state index contributed by atoms with van der Waals surface area (Å²) >= 11 is 0. The molecule has 0 bridgehead atoms. The Bertz CT molecular complexity index is 891. The summed E-state index contributed by atoms with van der Waals surface area (Å²) in [5.41, 5.74) is 5.20. The normalized spacial score (nSPS) is 37.2. The highest BCUT2D eigenvalue weighted by molar-refractivity contribution is 6.74. The van der Waals surface area contributed by atoms with Crippen molar-refractivity contribution in [1.82, 2.24) is 0 Å². The summed E-state index contributed by atoms with van der Waals surface area (Å²) in [6.07, 6.45) is 7.51. The largest absolute Gasteiger partial charge is 0.417 e. The molecule has 0 aromatic heterocycles. The lowest BCUT2D eigenvalue weighted by Crippen LogP contribution is -2.54. The molecular formula is C33H62O3Si2. The van der Waals surface area contributed by atoms with Gasteiger partial charge in [0.15, 0.2) is 16.6 Å². The number of fused-ring (bicyclic) bond motifs is 1. The standard InChI is InChI=1S/C33H62O3Si2/c1-14-24-15-16-28-27(23-36-38(12,13)31(5,6)7)29(18-20-32(24,28)8)33(9)19-17-26(34)21-25(33)22-35-37(10,11)30(2,3)4/h25-29,34H,1,15-23H2,2-13H3/t25-,26+,27+,28?,29?,32-,33+/m1/s1. The van der Waals surface area contributed by atoms with Crippen LogP contribution in [0.3, 0.4) is 0 Å². The van der Waals surface area contributed by atoms with Crippen molar-refractivity contribution in [3.63, 3.8) is 0 Å². The quantitative estimate of drug-likeness (QED) is 0.248. The Morgan fingerprint density at radius 1 is 0.868 bits per heavy atom. The van der Waals surface area contributed by atoms with Crippen LogP contribution in [0.5, 0.6) is 0 Å². The van der Waals surface area contributed by atoms with E-state index >= 15 is 0 Å². The van der Waals surface area contributed by atoms with Crippen molar-refractivity contribution in [3.8, 4) is 0 Å². The summed E-state index contributed by atoms with van der Waals surface area (Å²) in [6, 6.07) is 0. The van der Waals surface area contributed by atoms with Gasteiger partial charge in [-0.05, 0) is 121 Å². The zero-order chi connectivity index (χ0) is 28.9. The van der Waals surface area contributed by atoms with Gasteiger partial charge in [0.2, 0.25) is 0 Å². The first kappa shape index (κ1) is 32.3. The molecule has 0 aliphatic heterocycles. The molecule has 1 N–H and O–H groups in total. The van der Waals surface area contributed by atoms with E-state index in [0.717, 1.165) is 38.9 Å². The van der Waals surface area contributed by atoms with Crippen molar-refractivity contribution in [1.29, 1.82) is 0 Å². The molecule has 220 valence electrons. The molecule has 0 saturated heterocycles. The molecule has 0 spiro atoms. The van der Waals surface area contributed by atoms with Crippen molar-refractivity contribution in [2.24, 2.45) is 34.5 Å². The summed E-state index contributed by atoms with van der Waals surface area (Å²) in [7, 11) is -3.74. The number of allylic oxidation sites excluding steroid dienone is 1. The highest BCUT2D eigenvalue weighted by atomic mass is 28.4. The molecule has 3 nitrogen and oxygen atoms in total. The van der Waals surface area contributed by atoms with Crippen LogP contribution in [-0.4, -0.2) is 41.1 Å². The molecule has 7 atom stereocenters. The molecule has 3 fully saturated rings. The first-order chi connectivity index (χ1) is 17.2. The van der Waals surface area contributed by atoms with E-state index in [9.17, 15) is 5.11 Å². The maximum atomic E-state index is 10.8. The van der Waals surface area contributed by atoms with Gasteiger partial charge < -0.3 is 14.0 Å². The third-order valence-electron chi connectivity index (χ3n) is 12.7. The van der Waals surface area contributed by atoms with E-state index in [1.54, 1.807) is 0 Å². The van der Waals surface area contributed by atoms with Gasteiger partial charge in [-0.1, -0.05) is 62.0 Å². The van der Waals surface area contributed by atoms with E-state index < -0.39 is 16.6 Å². The first-order valence-electron chi connectivity index (χ1n) is 15.5. The van der Waals surface area contributed by atoms with Gasteiger partial charge in [0.05, 0.1) is 6.10 Å². The Hall–Kier alpha value is -0.166. The SMILES string of the molecule is C=C=C1CCC2[C@H](CO[Si](C)(C)C(C)(C)C)C([C@@]3(C)CC[C@H](O)C[C@@H]3CO[Si](C)(C)C(C)(C)C)CC[C@]12C. The second kappa shape index (κ2) is 10.9. The van der Waals surface area contributed by atoms with Crippen molar-refractivity contribution < 1.29 is 14.0 Å². The lowest BCUT2D eigenvalue weighted by Gasteiger charge is -2.57. The molecule has 0 aromatic rings. The van der Waals surface area contributed by atoms with Crippen LogP contribution in [-0.2, 0) is 8.85 Å². The minimum atomic E-state index is -1.87. The predicted octanol–water partition coefficient (Wildman–Crippen LogP) is 9.35. The van der Waals surface area contributed by atoms with Crippen molar-refractivity contribution in [3.05, 3.63) is 17.9 Å². The minimum Gasteiger partial charge on any atom is -0.417 e. The molecule has 0 heterocycles. The van der Waals surface area contributed by atoms with E-state index in [1.165, 1.54) is 24.8 Å². The molecule has 0 radical (unpaired) electrons. The van der Waals surface area contributed by atoms with Gasteiger partial charge in [-0.2, -0.15) is 0 Å². The Balaban J connectivity index is 1.96. The number of aliphatic hydroxyl groups is 1. The molecule has 5 heteroatoms. The first-order valence-corrected chi connectivity index (χ1v) is 21.4. The van der Waals surface area contributed by atoms with Crippen molar-refractivity contribution >= 4 is 16.6 Å². The maximum absolute atomic E-state index is 10.8. The molecule has 2 unspecified atom stereocenters. The minimum absolute atomic E-state index is 0.158. The molecular weight excluding hydrogens is 501 g/mol. The smallest absolute Gasteiger partial charge is 0.191 e. The fraction of sp³-hybridized carbons (Fsp3) is 0.909. The highest BCUT2D eigenvalue weighted by Crippen LogP contribution is 2.64. The molecule has 38 heavy (non-hydrogen) atoms. The molecule has 3 aliphatic carbocycles. The van der Waals surface area contributed by atoms with Crippen LogP contribution in [0.15, 0.2) is 17.9 Å². The average molecular weight is 563 g/mol. The fourth-order valence-electron chi connectivity index (χ4n) is 7.63. The Kier molecular flexibility index (Phi) is 9.29. The lowest BCUT2D eigenvalue weighted by molar-refractivity contribution is -0.102. The number of hydrogen-bond acceptors (Lipinski definition) is 3. The third kappa shape index (κ3) is 6.04. The zero-order valence-corrected chi connectivity index (χ0v) is 29.2. The molecule has 0 aromatic carbocycles. The highest BCUT2D eigenvalue weighted by Gasteiger charge is 2.58. The number of aliphatic hydroxyl groups excluding tert-OH is 1. The van der Waals surface area contributed by atoms with Crippen LogP contribution in [0, 0.1) is 34.5 Å². The third-order valence-corrected chi connectivity index (χ3v) is 21.7. The predicted molar refractivity (Wildman–Crippen MR) is 167 cm³/mol.